The molecule has 0 N–H and O–H groups in total. The van der Waals surface area contributed by atoms with Crippen LogP contribution < -0.4 is 0 Å². The van der Waals surface area contributed by atoms with E-state index in [0.717, 1.165) is 16.1 Å². The fraction of sp³-hybridized carbons (Fsp3) is 0.0625. The van der Waals surface area contributed by atoms with Gasteiger partial charge >= 0.3 is 0 Å². The lowest BCUT2D eigenvalue weighted by Gasteiger charge is -2.23. The highest BCUT2D eigenvalue weighted by molar-refractivity contribution is 7.21. The molecule has 8 aromatic carbocycles. The molecular weight excluding hydrogens is 623 g/mol. The smallest absolute Gasteiger partial charge is 0.124 e. The van der Waals surface area contributed by atoms with Crippen LogP contribution in [0.5, 0.6) is 0 Å². The Morgan fingerprint density at radius 3 is 1.86 bits per heavy atom. The van der Waals surface area contributed by atoms with Gasteiger partial charge in [-0.3, -0.25) is 0 Å². The highest BCUT2D eigenvalue weighted by atomic mass is 32.1. The van der Waals surface area contributed by atoms with E-state index in [1.54, 1.807) is 11.3 Å². The van der Waals surface area contributed by atoms with E-state index in [1.165, 1.54) is 81.9 Å². The van der Waals surface area contributed by atoms with Crippen molar-refractivity contribution in [1.29, 1.82) is 0 Å². The molecule has 0 radical (unpaired) electrons. The average Bonchev–Trinajstić information content (AvgIpc) is 3.71. The maximum Gasteiger partial charge on any atom is 0.124 e. The molecule has 0 spiro atoms. The number of nitrogens with zero attached hydrogens (tertiary/aromatic N) is 1. The first-order chi connectivity index (χ1) is 24.6. The van der Waals surface area contributed by atoms with Crippen LogP contribution in [0.3, 0.4) is 0 Å². The van der Waals surface area contributed by atoms with Gasteiger partial charge in [0.1, 0.15) is 5.01 Å². The third-order valence-corrected chi connectivity index (χ3v) is 11.8. The predicted octanol–water partition coefficient (Wildman–Crippen LogP) is 13.6. The van der Waals surface area contributed by atoms with Gasteiger partial charge in [0.2, 0.25) is 0 Å². The number of thiazole rings is 1. The molecule has 0 atom stereocenters. The van der Waals surface area contributed by atoms with Gasteiger partial charge in [-0.2, -0.15) is 0 Å². The minimum Gasteiger partial charge on any atom is -0.236 e. The second-order valence-corrected chi connectivity index (χ2v) is 14.9. The summed E-state index contributed by atoms with van der Waals surface area (Å²) < 4.78 is 1.21. The summed E-state index contributed by atoms with van der Waals surface area (Å²) in [5, 5.41) is 6.11. The maximum atomic E-state index is 4.94. The first-order valence-corrected chi connectivity index (χ1v) is 18.1. The van der Waals surface area contributed by atoms with Gasteiger partial charge in [0.25, 0.3) is 0 Å². The van der Waals surface area contributed by atoms with Gasteiger partial charge in [0.15, 0.2) is 0 Å². The number of fused-ring (bicyclic) bond motifs is 6. The van der Waals surface area contributed by atoms with Crippen LogP contribution in [0.15, 0.2) is 164 Å². The summed E-state index contributed by atoms with van der Waals surface area (Å²) in [6.07, 6.45) is 0. The molecule has 0 unspecified atom stereocenters. The normalized spacial score (nSPS) is 13.2. The second kappa shape index (κ2) is 11.1. The summed E-state index contributed by atoms with van der Waals surface area (Å²) in [7, 11) is 0. The molecule has 0 amide bonds. The van der Waals surface area contributed by atoms with Crippen molar-refractivity contribution in [2.75, 3.05) is 0 Å². The Kier molecular flexibility index (Phi) is 6.46. The van der Waals surface area contributed by atoms with Crippen LogP contribution in [0.4, 0.5) is 0 Å². The Labute approximate surface area is 296 Å². The molecule has 0 bridgehead atoms. The van der Waals surface area contributed by atoms with Crippen molar-refractivity contribution in [3.05, 3.63) is 175 Å². The molecular formula is C48H33NS. The minimum atomic E-state index is -0.0757. The van der Waals surface area contributed by atoms with Crippen molar-refractivity contribution in [1.82, 2.24) is 4.98 Å². The van der Waals surface area contributed by atoms with Gasteiger partial charge in [-0.25, -0.2) is 4.98 Å². The summed E-state index contributed by atoms with van der Waals surface area (Å²) in [5.41, 5.74) is 15.1. The van der Waals surface area contributed by atoms with Gasteiger partial charge in [0.05, 0.1) is 10.2 Å². The zero-order chi connectivity index (χ0) is 33.4. The van der Waals surface area contributed by atoms with E-state index in [-0.39, 0.29) is 5.41 Å². The Balaban J connectivity index is 1.26. The topological polar surface area (TPSA) is 12.9 Å². The van der Waals surface area contributed by atoms with Crippen molar-refractivity contribution in [2.45, 2.75) is 19.3 Å². The van der Waals surface area contributed by atoms with Crippen LogP contribution in [0.1, 0.15) is 25.0 Å². The summed E-state index contributed by atoms with van der Waals surface area (Å²) in [6, 6.07) is 60.2. The molecule has 10 rings (SSSR count). The van der Waals surface area contributed by atoms with E-state index in [4.69, 9.17) is 4.98 Å². The average molecular weight is 656 g/mol. The predicted molar refractivity (Wildman–Crippen MR) is 214 cm³/mol. The molecule has 1 aromatic heterocycles. The summed E-state index contributed by atoms with van der Waals surface area (Å²) >= 11 is 1.75. The van der Waals surface area contributed by atoms with E-state index in [9.17, 15) is 0 Å². The number of para-hydroxylation sites is 1. The first kappa shape index (κ1) is 29.1. The van der Waals surface area contributed by atoms with Crippen molar-refractivity contribution in [2.24, 2.45) is 0 Å². The molecule has 1 nitrogen and oxygen atoms in total. The largest absolute Gasteiger partial charge is 0.236 e. The third-order valence-electron chi connectivity index (χ3n) is 10.7. The SMILES string of the molecule is CC1(C)c2ccccc2-c2c(-c3c4ccccc4c(-c4ccc(-c5nc6ccccc6s5)cc4)c4ccc(-c5ccccc5)cc34)cccc21. The molecule has 236 valence electrons. The molecule has 0 fully saturated rings. The molecule has 1 aliphatic rings. The van der Waals surface area contributed by atoms with E-state index in [2.05, 4.69) is 178 Å². The first-order valence-electron chi connectivity index (χ1n) is 17.3. The molecule has 50 heavy (non-hydrogen) atoms. The van der Waals surface area contributed by atoms with Gasteiger partial charge in [-0.05, 0) is 95.4 Å². The lowest BCUT2D eigenvalue weighted by molar-refractivity contribution is 0.660. The monoisotopic (exact) mass is 655 g/mol. The van der Waals surface area contributed by atoms with E-state index >= 15 is 0 Å². The highest BCUT2D eigenvalue weighted by Gasteiger charge is 2.37. The van der Waals surface area contributed by atoms with Gasteiger partial charge in [-0.15, -0.1) is 11.3 Å². The van der Waals surface area contributed by atoms with Crippen LogP contribution in [0, 0.1) is 0 Å². The van der Waals surface area contributed by atoms with Crippen LogP contribution in [-0.4, -0.2) is 4.98 Å². The van der Waals surface area contributed by atoms with Gasteiger partial charge in [0, 0.05) is 11.0 Å². The van der Waals surface area contributed by atoms with Crippen molar-refractivity contribution in [3.63, 3.8) is 0 Å². The lowest BCUT2D eigenvalue weighted by atomic mass is 9.80. The molecule has 0 saturated carbocycles. The lowest BCUT2D eigenvalue weighted by Crippen LogP contribution is -2.14. The minimum absolute atomic E-state index is 0.0757. The summed E-state index contributed by atoms with van der Waals surface area (Å²) in [6.45, 7) is 4.73. The molecule has 9 aromatic rings. The number of hydrogen-bond acceptors (Lipinski definition) is 2. The van der Waals surface area contributed by atoms with Crippen LogP contribution >= 0.6 is 11.3 Å². The Morgan fingerprint density at radius 1 is 0.420 bits per heavy atom. The fourth-order valence-corrected chi connectivity index (χ4v) is 9.30. The van der Waals surface area contributed by atoms with Crippen LogP contribution in [0.2, 0.25) is 0 Å². The van der Waals surface area contributed by atoms with Crippen molar-refractivity contribution >= 4 is 43.1 Å². The summed E-state index contributed by atoms with van der Waals surface area (Å²) in [4.78, 5) is 4.94. The quantitative estimate of drug-likeness (QED) is 0.172. The van der Waals surface area contributed by atoms with E-state index in [1.807, 2.05) is 0 Å². The number of aromatic nitrogens is 1. The number of benzene rings is 8. The maximum absolute atomic E-state index is 4.94. The standard InChI is InChI=1S/C48H33NS/c1-48(2)40-19-9-8-17-37(40)46-38(18-12-20-41(46)48)45-35-16-7-6-15-34(35)44(36-28-27-33(29-39(36)45)30-13-4-3-5-14-30)31-23-25-32(26-24-31)47-49-42-21-10-11-22-43(42)50-47/h3-29H,1-2H3. The van der Waals surface area contributed by atoms with E-state index in [0.29, 0.717) is 0 Å². The highest BCUT2D eigenvalue weighted by Crippen LogP contribution is 2.54. The Bertz CT molecular complexity index is 2740. The summed E-state index contributed by atoms with van der Waals surface area (Å²) in [5.74, 6) is 0. The second-order valence-electron chi connectivity index (χ2n) is 13.9. The molecule has 0 aliphatic heterocycles. The number of rotatable bonds is 4. The molecule has 1 aliphatic carbocycles. The molecule has 1 heterocycles. The molecule has 2 heteroatoms. The third kappa shape index (κ3) is 4.35. The molecule has 0 saturated heterocycles. The van der Waals surface area contributed by atoms with Crippen molar-refractivity contribution < 1.29 is 0 Å². The Morgan fingerprint density at radius 2 is 1.04 bits per heavy atom. The van der Waals surface area contributed by atoms with Gasteiger partial charge < -0.3 is 0 Å². The van der Waals surface area contributed by atoms with Gasteiger partial charge in [-0.1, -0.05) is 159 Å². The number of hydrogen-bond donors (Lipinski definition) is 0. The zero-order valence-electron chi connectivity index (χ0n) is 27.9. The van der Waals surface area contributed by atoms with E-state index < -0.39 is 0 Å². The zero-order valence-corrected chi connectivity index (χ0v) is 28.8. The fourth-order valence-electron chi connectivity index (χ4n) is 8.33. The van der Waals surface area contributed by atoms with Crippen molar-refractivity contribution in [3.8, 4) is 55.1 Å². The van der Waals surface area contributed by atoms with Crippen LogP contribution in [-0.2, 0) is 5.41 Å². The van der Waals surface area contributed by atoms with Crippen LogP contribution in [0.25, 0.3) is 86.8 Å². The Hall–Kier alpha value is -5.83.